The third-order valence-electron chi connectivity index (χ3n) is 3.13. The Morgan fingerprint density at radius 1 is 1.04 bits per heavy atom. The molecule has 8 N–H and O–H groups in total. The number of hydrogen-bond acceptors (Lipinski definition) is 6. The Balaban J connectivity index is 3.49. The van der Waals surface area contributed by atoms with Crippen molar-refractivity contribution in [2.45, 2.75) is 19.1 Å². The zero-order chi connectivity index (χ0) is 20.9. The van der Waals surface area contributed by atoms with E-state index in [9.17, 15) is 24.6 Å². The molecule has 0 radical (unpaired) electrons. The number of carbonyl (C=O) groups excluding carboxylic acids is 3. The van der Waals surface area contributed by atoms with E-state index in [2.05, 4.69) is 16.0 Å². The Hall–Kier alpha value is -0.500. The molecule has 27 heavy (non-hydrogen) atoms. The van der Waals surface area contributed by atoms with Crippen molar-refractivity contribution in [2.24, 2.45) is 5.73 Å². The number of carbonyl (C=O) groups is 3. The van der Waals surface area contributed by atoms with Gasteiger partial charge in [-0.3, -0.25) is 9.59 Å². The summed E-state index contributed by atoms with van der Waals surface area (Å²) in [7, 11) is 0. The van der Waals surface area contributed by atoms with Crippen molar-refractivity contribution >= 4 is 97.0 Å². The molecule has 10 nitrogen and oxygen atoms in total. The molecule has 0 aromatic heterocycles. The molecule has 0 bridgehead atoms. The highest BCUT2D eigenvalue weighted by Crippen LogP contribution is 2.38. The first-order valence-electron chi connectivity index (χ1n) is 7.34. The fourth-order valence-corrected chi connectivity index (χ4v) is 5.99. The number of urea groups is 1. The normalized spacial score (nSPS) is 12.9. The summed E-state index contributed by atoms with van der Waals surface area (Å²) >= 11 is 5.59. The van der Waals surface area contributed by atoms with Gasteiger partial charge in [-0.05, 0) is 74.7 Å². The third kappa shape index (κ3) is 6.51. The van der Waals surface area contributed by atoms with E-state index in [4.69, 9.17) is 10.8 Å². The molecule has 0 fully saturated rings. The Morgan fingerprint density at radius 3 is 2.00 bits per heavy atom. The van der Waals surface area contributed by atoms with E-state index in [1.165, 1.54) is 6.92 Å². The molecular formula is C14H17I3N4O6. The number of aliphatic hydroxyl groups is 3. The Bertz CT molecular complexity index is 759. The van der Waals surface area contributed by atoms with E-state index in [1.54, 1.807) is 0 Å². The summed E-state index contributed by atoms with van der Waals surface area (Å²) in [5.74, 6) is -1.29. The molecule has 0 spiro atoms. The number of benzene rings is 1. The second kappa shape index (κ2) is 10.9. The van der Waals surface area contributed by atoms with Crippen LogP contribution in [0.15, 0.2) is 0 Å². The second-order valence-electron chi connectivity index (χ2n) is 5.27. The maximum Gasteiger partial charge on any atom is 0.316 e. The van der Waals surface area contributed by atoms with Gasteiger partial charge in [-0.1, -0.05) is 0 Å². The van der Waals surface area contributed by atoms with Crippen molar-refractivity contribution in [1.29, 1.82) is 0 Å². The lowest BCUT2D eigenvalue weighted by Crippen LogP contribution is -2.35. The molecule has 0 aliphatic rings. The largest absolute Gasteiger partial charge is 0.394 e. The van der Waals surface area contributed by atoms with Gasteiger partial charge in [0.25, 0.3) is 11.8 Å². The van der Waals surface area contributed by atoms with E-state index in [-0.39, 0.29) is 23.5 Å². The number of hydrogen-bond donors (Lipinski definition) is 7. The van der Waals surface area contributed by atoms with Crippen molar-refractivity contribution < 1.29 is 29.7 Å². The first-order chi connectivity index (χ1) is 12.5. The van der Waals surface area contributed by atoms with Crippen molar-refractivity contribution in [3.8, 4) is 0 Å². The number of aliphatic hydroxyl groups excluding tert-OH is 3. The summed E-state index contributed by atoms with van der Waals surface area (Å²) < 4.78 is 1.15. The lowest BCUT2D eigenvalue weighted by Gasteiger charge is -2.20. The highest BCUT2D eigenvalue weighted by Gasteiger charge is 2.27. The van der Waals surface area contributed by atoms with Crippen molar-refractivity contribution in [1.82, 2.24) is 5.32 Å². The standard InChI is InChI=1S/C14H17I3N4O6/c1-4(23)12(25)20-10-7(15)6(13(26)19-2-5(24)3-22)8(16)11(9(10)17)21-14(18)27/h4-5,22-24H,2-3H2,1H3,(H,19,26)(H,20,25)(H3,18,21,27). The molecule has 1 aromatic carbocycles. The van der Waals surface area contributed by atoms with Gasteiger partial charge in [0.05, 0.1) is 40.4 Å². The first kappa shape index (κ1) is 24.5. The topological polar surface area (TPSA) is 174 Å². The Kier molecular flexibility index (Phi) is 9.89. The number of amides is 4. The molecule has 2 atom stereocenters. The molecule has 4 amide bonds. The monoisotopic (exact) mass is 718 g/mol. The van der Waals surface area contributed by atoms with E-state index < -0.39 is 36.7 Å². The zero-order valence-corrected chi connectivity index (χ0v) is 20.3. The molecule has 1 rings (SSSR count). The molecule has 0 aliphatic carbocycles. The quantitative estimate of drug-likeness (QED) is 0.201. The van der Waals surface area contributed by atoms with Gasteiger partial charge in [0.2, 0.25) is 0 Å². The maximum absolute atomic E-state index is 12.6. The van der Waals surface area contributed by atoms with Crippen LogP contribution in [0.1, 0.15) is 17.3 Å². The summed E-state index contributed by atoms with van der Waals surface area (Å²) in [6.07, 6.45) is -2.42. The van der Waals surface area contributed by atoms with Gasteiger partial charge in [-0.25, -0.2) is 4.79 Å². The molecule has 2 unspecified atom stereocenters. The number of nitrogens with two attached hydrogens (primary N) is 1. The average molecular weight is 718 g/mol. The maximum atomic E-state index is 12.6. The number of anilines is 2. The van der Waals surface area contributed by atoms with E-state index >= 15 is 0 Å². The van der Waals surface area contributed by atoms with Gasteiger partial charge in [-0.15, -0.1) is 0 Å². The van der Waals surface area contributed by atoms with Crippen LogP contribution in [0.5, 0.6) is 0 Å². The number of nitrogens with one attached hydrogen (secondary N) is 3. The van der Waals surface area contributed by atoms with Crippen LogP contribution in [0.3, 0.4) is 0 Å². The van der Waals surface area contributed by atoms with Gasteiger partial charge in [-0.2, -0.15) is 0 Å². The van der Waals surface area contributed by atoms with E-state index in [0.717, 1.165) is 0 Å². The minimum Gasteiger partial charge on any atom is -0.394 e. The number of rotatable bonds is 7. The SMILES string of the molecule is CC(O)C(=O)Nc1c(I)c(NC(N)=O)c(I)c(C(=O)NCC(O)CO)c1I. The fraction of sp³-hybridized carbons (Fsp3) is 0.357. The van der Waals surface area contributed by atoms with Gasteiger partial charge >= 0.3 is 6.03 Å². The number of halogens is 3. The first-order valence-corrected chi connectivity index (χ1v) is 10.6. The minimum absolute atomic E-state index is 0.131. The van der Waals surface area contributed by atoms with Gasteiger partial charge in [0, 0.05) is 6.54 Å². The van der Waals surface area contributed by atoms with Crippen molar-refractivity contribution in [2.75, 3.05) is 23.8 Å². The molecular weight excluding hydrogens is 701 g/mol. The summed E-state index contributed by atoms with van der Waals surface area (Å²) in [5, 5.41) is 35.1. The lowest BCUT2D eigenvalue weighted by molar-refractivity contribution is -0.123. The smallest absolute Gasteiger partial charge is 0.316 e. The molecule has 0 saturated heterocycles. The van der Waals surface area contributed by atoms with Crippen LogP contribution in [0.25, 0.3) is 0 Å². The van der Waals surface area contributed by atoms with Crippen LogP contribution < -0.4 is 21.7 Å². The highest BCUT2D eigenvalue weighted by atomic mass is 127. The lowest BCUT2D eigenvalue weighted by atomic mass is 10.1. The second-order valence-corrected chi connectivity index (χ2v) is 8.50. The van der Waals surface area contributed by atoms with E-state index in [1.807, 2.05) is 67.8 Å². The predicted molar refractivity (Wildman–Crippen MR) is 124 cm³/mol. The average Bonchev–Trinajstić information content (AvgIpc) is 2.59. The van der Waals surface area contributed by atoms with Gasteiger partial charge in [0.1, 0.15) is 6.10 Å². The molecule has 13 heteroatoms. The third-order valence-corrected chi connectivity index (χ3v) is 6.37. The summed E-state index contributed by atoms with van der Waals surface area (Å²) in [4.78, 5) is 35.9. The predicted octanol–water partition coefficient (Wildman–Crippen LogP) is 0.393. The molecule has 0 aliphatic heterocycles. The van der Waals surface area contributed by atoms with Crippen LogP contribution in [0.2, 0.25) is 0 Å². The molecule has 1 aromatic rings. The van der Waals surface area contributed by atoms with Gasteiger partial charge < -0.3 is 37.0 Å². The highest BCUT2D eigenvalue weighted by molar-refractivity contribution is 14.1. The molecule has 150 valence electrons. The zero-order valence-electron chi connectivity index (χ0n) is 13.8. The van der Waals surface area contributed by atoms with E-state index in [0.29, 0.717) is 10.7 Å². The van der Waals surface area contributed by atoms with Gasteiger partial charge in [0.15, 0.2) is 0 Å². The minimum atomic E-state index is -1.29. The van der Waals surface area contributed by atoms with Crippen molar-refractivity contribution in [3.05, 3.63) is 16.3 Å². The van der Waals surface area contributed by atoms with Crippen molar-refractivity contribution in [3.63, 3.8) is 0 Å². The molecule has 0 saturated carbocycles. The van der Waals surface area contributed by atoms with Crippen LogP contribution in [-0.2, 0) is 4.79 Å². The molecule has 0 heterocycles. The summed E-state index contributed by atoms with van der Waals surface area (Å²) in [6.45, 7) is 0.570. The Labute approximate surface area is 195 Å². The van der Waals surface area contributed by atoms with Crippen LogP contribution in [-0.4, -0.2) is 58.5 Å². The Morgan fingerprint density at radius 2 is 1.56 bits per heavy atom. The fourth-order valence-electron chi connectivity index (χ4n) is 1.80. The summed E-state index contributed by atoms with van der Waals surface area (Å²) in [5.41, 5.74) is 5.77. The van der Waals surface area contributed by atoms with Crippen LogP contribution >= 0.6 is 67.8 Å². The van der Waals surface area contributed by atoms with Crippen LogP contribution in [0.4, 0.5) is 16.2 Å². The van der Waals surface area contributed by atoms with Crippen LogP contribution in [0, 0.1) is 10.7 Å². The summed E-state index contributed by atoms with van der Waals surface area (Å²) in [6, 6.07) is -0.859. The number of primary amides is 1.